The van der Waals surface area contributed by atoms with Crippen LogP contribution in [0.25, 0.3) is 0 Å². The third-order valence-electron chi connectivity index (χ3n) is 1.80. The van der Waals surface area contributed by atoms with Crippen molar-refractivity contribution in [3.05, 3.63) is 13.8 Å². The lowest BCUT2D eigenvalue weighted by atomic mass is 10.1. The first kappa shape index (κ1) is 11.6. The smallest absolute Gasteiger partial charge is 0.00890 e. The predicted molar refractivity (Wildman–Crippen MR) is 55.4 cm³/mol. The average Bonchev–Trinajstić information content (AvgIpc) is 2.10. The van der Waals surface area contributed by atoms with Gasteiger partial charge in [-0.15, -0.1) is 11.8 Å². The van der Waals surface area contributed by atoms with Crippen LogP contribution < -0.4 is 0 Å². The SMILES string of the molecule is [CH2]CC#CCCCCCCC[CH2]. The van der Waals surface area contributed by atoms with Gasteiger partial charge in [-0.1, -0.05) is 39.0 Å². The second-order valence-electron chi connectivity index (χ2n) is 2.97. The molecule has 0 saturated carbocycles. The minimum absolute atomic E-state index is 0.751. The van der Waals surface area contributed by atoms with E-state index in [0.29, 0.717) is 0 Å². The number of hydrogen-bond acceptors (Lipinski definition) is 0. The lowest BCUT2D eigenvalue weighted by Crippen LogP contribution is -1.77. The zero-order chi connectivity index (χ0) is 9.07. The van der Waals surface area contributed by atoms with Crippen LogP contribution >= 0.6 is 0 Å². The van der Waals surface area contributed by atoms with Crippen molar-refractivity contribution in [2.75, 3.05) is 0 Å². The second-order valence-corrected chi connectivity index (χ2v) is 2.97. The summed E-state index contributed by atoms with van der Waals surface area (Å²) >= 11 is 0. The normalized spacial score (nSPS) is 9.17. The lowest BCUT2D eigenvalue weighted by Gasteiger charge is -1.96. The maximum atomic E-state index is 3.81. The Kier molecular flexibility index (Phi) is 10.2. The topological polar surface area (TPSA) is 0 Å². The van der Waals surface area contributed by atoms with Crippen LogP contribution in [0.3, 0.4) is 0 Å². The molecule has 0 fully saturated rings. The van der Waals surface area contributed by atoms with Crippen LogP contribution in [0, 0.1) is 25.7 Å². The van der Waals surface area contributed by atoms with Gasteiger partial charge in [-0.3, -0.25) is 0 Å². The first-order valence-electron chi connectivity index (χ1n) is 4.96. The molecule has 0 nitrogen and oxygen atoms in total. The molecule has 0 aliphatic carbocycles. The highest BCUT2D eigenvalue weighted by atomic mass is 13.9. The minimum Gasteiger partial charge on any atom is -0.103 e. The van der Waals surface area contributed by atoms with Crippen molar-refractivity contribution < 1.29 is 0 Å². The van der Waals surface area contributed by atoms with Crippen molar-refractivity contribution in [1.82, 2.24) is 0 Å². The Morgan fingerprint density at radius 2 is 1.42 bits per heavy atom. The van der Waals surface area contributed by atoms with Crippen LogP contribution in [0.1, 0.15) is 51.4 Å². The van der Waals surface area contributed by atoms with E-state index in [1.807, 2.05) is 0 Å². The zero-order valence-electron chi connectivity index (χ0n) is 8.07. The van der Waals surface area contributed by atoms with Gasteiger partial charge in [-0.05, 0) is 13.3 Å². The molecule has 0 spiro atoms. The molecule has 2 radical (unpaired) electrons. The van der Waals surface area contributed by atoms with Gasteiger partial charge in [-0.2, -0.15) is 0 Å². The van der Waals surface area contributed by atoms with Crippen LogP contribution in [-0.4, -0.2) is 0 Å². The van der Waals surface area contributed by atoms with Gasteiger partial charge in [0.05, 0.1) is 0 Å². The van der Waals surface area contributed by atoms with Crippen molar-refractivity contribution in [3.8, 4) is 11.8 Å². The molecule has 0 aliphatic heterocycles. The molecule has 0 unspecified atom stereocenters. The molecule has 0 bridgehead atoms. The van der Waals surface area contributed by atoms with Crippen LogP contribution in [0.2, 0.25) is 0 Å². The van der Waals surface area contributed by atoms with Crippen molar-refractivity contribution >= 4 is 0 Å². The van der Waals surface area contributed by atoms with Crippen molar-refractivity contribution in [3.63, 3.8) is 0 Å². The molecule has 0 heteroatoms. The van der Waals surface area contributed by atoms with E-state index in [1.54, 1.807) is 0 Å². The van der Waals surface area contributed by atoms with Crippen LogP contribution in [0.4, 0.5) is 0 Å². The number of unbranched alkanes of at least 4 members (excludes halogenated alkanes) is 6. The Hall–Kier alpha value is -0.440. The molecule has 68 valence electrons. The highest BCUT2D eigenvalue weighted by Gasteiger charge is 1.87. The number of hydrogen-bond donors (Lipinski definition) is 0. The van der Waals surface area contributed by atoms with E-state index in [2.05, 4.69) is 25.7 Å². The first-order chi connectivity index (χ1) is 5.91. The molecule has 12 heavy (non-hydrogen) atoms. The molecule has 0 aliphatic rings. The van der Waals surface area contributed by atoms with Crippen molar-refractivity contribution in [1.29, 1.82) is 0 Å². The van der Waals surface area contributed by atoms with Crippen molar-refractivity contribution in [2.45, 2.75) is 51.4 Å². The van der Waals surface area contributed by atoms with Crippen LogP contribution in [-0.2, 0) is 0 Å². The zero-order valence-corrected chi connectivity index (χ0v) is 8.07. The Morgan fingerprint density at radius 3 is 2.08 bits per heavy atom. The minimum atomic E-state index is 0.751. The molecule has 0 aromatic carbocycles. The molecule has 0 N–H and O–H groups in total. The van der Waals surface area contributed by atoms with E-state index in [1.165, 1.54) is 32.1 Å². The summed E-state index contributed by atoms with van der Waals surface area (Å²) in [5.41, 5.74) is 0. The molecule has 0 amide bonds. The summed E-state index contributed by atoms with van der Waals surface area (Å²) in [6.45, 7) is 7.48. The van der Waals surface area contributed by atoms with E-state index in [-0.39, 0.29) is 0 Å². The maximum Gasteiger partial charge on any atom is 0.00890 e. The summed E-state index contributed by atoms with van der Waals surface area (Å²) in [7, 11) is 0. The van der Waals surface area contributed by atoms with Gasteiger partial charge in [0, 0.05) is 12.8 Å². The van der Waals surface area contributed by atoms with Gasteiger partial charge < -0.3 is 0 Å². The molecule has 0 aromatic rings. The monoisotopic (exact) mass is 164 g/mol. The van der Waals surface area contributed by atoms with E-state index in [0.717, 1.165) is 19.3 Å². The van der Waals surface area contributed by atoms with Gasteiger partial charge in [0.15, 0.2) is 0 Å². The van der Waals surface area contributed by atoms with Gasteiger partial charge in [0.2, 0.25) is 0 Å². The molecule has 0 atom stereocenters. The highest BCUT2D eigenvalue weighted by Crippen LogP contribution is 2.05. The Morgan fingerprint density at radius 1 is 0.750 bits per heavy atom. The Bertz CT molecular complexity index is 125. The fourth-order valence-corrected chi connectivity index (χ4v) is 1.10. The van der Waals surface area contributed by atoms with Gasteiger partial charge in [0.25, 0.3) is 0 Å². The molecule has 0 aromatic heterocycles. The maximum absolute atomic E-state index is 3.81. The van der Waals surface area contributed by atoms with Gasteiger partial charge in [0.1, 0.15) is 0 Å². The largest absolute Gasteiger partial charge is 0.103 e. The van der Waals surface area contributed by atoms with Crippen LogP contribution in [0.15, 0.2) is 0 Å². The Balaban J connectivity index is 2.91. The molecular formula is C12H20. The van der Waals surface area contributed by atoms with E-state index in [4.69, 9.17) is 0 Å². The summed E-state index contributed by atoms with van der Waals surface area (Å²) in [5, 5.41) is 0. The van der Waals surface area contributed by atoms with Gasteiger partial charge >= 0.3 is 0 Å². The standard InChI is InChI=1S/C12H20/c1-3-5-7-9-11-12-10-8-6-4-2/h1-5,7,9-12H2. The average molecular weight is 164 g/mol. The second kappa shape index (κ2) is 10.6. The fourth-order valence-electron chi connectivity index (χ4n) is 1.10. The first-order valence-corrected chi connectivity index (χ1v) is 4.96. The van der Waals surface area contributed by atoms with Crippen LogP contribution in [0.5, 0.6) is 0 Å². The third kappa shape index (κ3) is 9.56. The van der Waals surface area contributed by atoms with E-state index in [9.17, 15) is 0 Å². The van der Waals surface area contributed by atoms with E-state index < -0.39 is 0 Å². The summed E-state index contributed by atoms with van der Waals surface area (Å²) in [4.78, 5) is 0. The number of rotatable bonds is 6. The van der Waals surface area contributed by atoms with Gasteiger partial charge in [-0.25, -0.2) is 0 Å². The molecule has 0 heterocycles. The lowest BCUT2D eigenvalue weighted by molar-refractivity contribution is 0.624. The van der Waals surface area contributed by atoms with E-state index >= 15 is 0 Å². The summed E-state index contributed by atoms with van der Waals surface area (Å²) in [6, 6.07) is 0. The fraction of sp³-hybridized carbons (Fsp3) is 0.667. The molecule has 0 saturated heterocycles. The quantitative estimate of drug-likeness (QED) is 0.414. The van der Waals surface area contributed by atoms with Crippen molar-refractivity contribution in [2.24, 2.45) is 0 Å². The summed E-state index contributed by atoms with van der Waals surface area (Å²) < 4.78 is 0. The predicted octanol–water partition coefficient (Wildman–Crippen LogP) is 3.78. The Labute approximate surface area is 77.8 Å². The molecule has 0 rings (SSSR count). The third-order valence-corrected chi connectivity index (χ3v) is 1.80. The molecular weight excluding hydrogens is 144 g/mol. The highest BCUT2D eigenvalue weighted by molar-refractivity contribution is 4.98. The summed E-state index contributed by atoms with van der Waals surface area (Å²) in [5.74, 6) is 6.08. The summed E-state index contributed by atoms with van der Waals surface area (Å²) in [6.07, 6.45) is 9.44.